The van der Waals surface area contributed by atoms with E-state index in [-0.39, 0.29) is 11.7 Å². The number of nitrogens with zero attached hydrogens (tertiary/aromatic N) is 6. The van der Waals surface area contributed by atoms with E-state index in [1.54, 1.807) is 18.3 Å². The Morgan fingerprint density at radius 3 is 2.93 bits per heavy atom. The van der Waals surface area contributed by atoms with Crippen molar-refractivity contribution < 1.29 is 9.18 Å². The van der Waals surface area contributed by atoms with Crippen molar-refractivity contribution in [2.75, 3.05) is 5.32 Å². The number of amides is 1. The van der Waals surface area contributed by atoms with E-state index < -0.39 is 0 Å². The third-order valence-electron chi connectivity index (χ3n) is 4.56. The highest BCUT2D eigenvalue weighted by Gasteiger charge is 2.15. The number of nitrogens with one attached hydrogen (secondary N) is 1. The van der Waals surface area contributed by atoms with Crippen LogP contribution in [0.25, 0.3) is 11.4 Å². The number of aromatic nitrogens is 6. The molecule has 27 heavy (non-hydrogen) atoms. The molecule has 9 heteroatoms. The highest BCUT2D eigenvalue weighted by atomic mass is 19.1. The summed E-state index contributed by atoms with van der Waals surface area (Å²) in [5.41, 5.74) is 0.700. The van der Waals surface area contributed by atoms with Crippen LogP contribution in [0.4, 0.5) is 10.2 Å². The summed E-state index contributed by atoms with van der Waals surface area (Å²) in [7, 11) is 0. The number of benzene rings is 1. The number of halogens is 1. The van der Waals surface area contributed by atoms with Gasteiger partial charge in [0.15, 0.2) is 0 Å². The van der Waals surface area contributed by atoms with E-state index in [9.17, 15) is 9.18 Å². The molecule has 1 N–H and O–H groups in total. The maximum atomic E-state index is 13.0. The Kier molecular flexibility index (Phi) is 4.91. The Morgan fingerprint density at radius 2 is 2.07 bits per heavy atom. The van der Waals surface area contributed by atoms with Gasteiger partial charge in [-0.2, -0.15) is 4.80 Å². The molecule has 0 fully saturated rings. The fourth-order valence-electron chi connectivity index (χ4n) is 3.15. The monoisotopic (exact) mass is 369 g/mol. The number of imidazole rings is 1. The van der Waals surface area contributed by atoms with Crippen LogP contribution in [-0.4, -0.2) is 35.7 Å². The maximum Gasteiger partial charge on any atom is 0.225 e. The zero-order valence-electron chi connectivity index (χ0n) is 14.8. The number of carbonyl (C=O) groups is 1. The van der Waals surface area contributed by atoms with Gasteiger partial charge in [-0.05, 0) is 48.7 Å². The molecule has 0 unspecified atom stereocenters. The number of tetrazole rings is 1. The summed E-state index contributed by atoms with van der Waals surface area (Å²) in [6, 6.07) is 5.93. The Bertz CT molecular complexity index is 932. The Labute approximate surface area is 155 Å². The zero-order chi connectivity index (χ0) is 18.6. The van der Waals surface area contributed by atoms with Crippen molar-refractivity contribution in [3.05, 3.63) is 42.1 Å². The normalized spacial score (nSPS) is 13.4. The van der Waals surface area contributed by atoms with Gasteiger partial charge >= 0.3 is 0 Å². The molecule has 2 aromatic heterocycles. The number of fused-ring (bicyclic) bond motifs is 1. The van der Waals surface area contributed by atoms with E-state index in [2.05, 4.69) is 30.3 Å². The number of hydrogen-bond donors (Lipinski definition) is 1. The van der Waals surface area contributed by atoms with E-state index in [0.29, 0.717) is 30.8 Å². The minimum absolute atomic E-state index is 0.0536. The molecule has 4 rings (SSSR count). The second-order valence-electron chi connectivity index (χ2n) is 6.54. The van der Waals surface area contributed by atoms with E-state index in [1.807, 2.05) is 0 Å². The van der Waals surface area contributed by atoms with Crippen molar-refractivity contribution in [1.29, 1.82) is 0 Å². The molecule has 1 aliphatic heterocycles. The minimum atomic E-state index is -0.309. The molecule has 3 aromatic rings. The fraction of sp³-hybridized carbons (Fsp3) is 0.389. The van der Waals surface area contributed by atoms with E-state index in [1.165, 1.54) is 16.9 Å². The van der Waals surface area contributed by atoms with Crippen LogP contribution in [0.2, 0.25) is 0 Å². The molecule has 0 spiro atoms. The Morgan fingerprint density at radius 1 is 1.22 bits per heavy atom. The van der Waals surface area contributed by atoms with Gasteiger partial charge in [-0.25, -0.2) is 9.37 Å². The van der Waals surface area contributed by atoms with Gasteiger partial charge in [-0.3, -0.25) is 4.79 Å². The standard InChI is InChI=1S/C18H20FN7O/c19-14-8-6-13(7-9-14)18-22-24-26(23-18)11-3-5-17(27)21-16-12-20-15-4-1-2-10-25(15)16/h6-9,12H,1-5,10-11H2,(H,21,27). The summed E-state index contributed by atoms with van der Waals surface area (Å²) in [6.45, 7) is 1.38. The molecule has 0 atom stereocenters. The van der Waals surface area contributed by atoms with E-state index in [4.69, 9.17) is 0 Å². The summed E-state index contributed by atoms with van der Waals surface area (Å²) >= 11 is 0. The van der Waals surface area contributed by atoms with Gasteiger partial charge in [0.1, 0.15) is 17.5 Å². The van der Waals surface area contributed by atoms with Crippen molar-refractivity contribution in [3.8, 4) is 11.4 Å². The van der Waals surface area contributed by atoms with Crippen LogP contribution >= 0.6 is 0 Å². The quantitative estimate of drug-likeness (QED) is 0.721. The molecule has 140 valence electrons. The van der Waals surface area contributed by atoms with E-state index in [0.717, 1.165) is 37.4 Å². The van der Waals surface area contributed by atoms with Gasteiger partial charge in [0, 0.05) is 24.9 Å². The van der Waals surface area contributed by atoms with Crippen LogP contribution in [0.5, 0.6) is 0 Å². The summed E-state index contributed by atoms with van der Waals surface area (Å²) in [4.78, 5) is 18.0. The SMILES string of the molecule is O=C(CCCn1nnc(-c2ccc(F)cc2)n1)Nc1cnc2n1CCCC2. The number of aryl methyl sites for hydroxylation is 2. The maximum absolute atomic E-state index is 13.0. The molecule has 0 saturated heterocycles. The lowest BCUT2D eigenvalue weighted by Crippen LogP contribution is -2.18. The Balaban J connectivity index is 1.28. The van der Waals surface area contributed by atoms with Gasteiger partial charge < -0.3 is 9.88 Å². The molecular weight excluding hydrogens is 349 g/mol. The third kappa shape index (κ3) is 4.02. The minimum Gasteiger partial charge on any atom is -0.315 e. The van der Waals surface area contributed by atoms with Gasteiger partial charge in [0.25, 0.3) is 0 Å². The number of rotatable bonds is 6. The lowest BCUT2D eigenvalue weighted by Gasteiger charge is -2.16. The highest BCUT2D eigenvalue weighted by molar-refractivity contribution is 5.89. The third-order valence-corrected chi connectivity index (χ3v) is 4.56. The smallest absolute Gasteiger partial charge is 0.225 e. The lowest BCUT2D eigenvalue weighted by molar-refractivity contribution is -0.116. The molecule has 8 nitrogen and oxygen atoms in total. The average Bonchev–Trinajstić information content (AvgIpc) is 3.30. The first-order valence-corrected chi connectivity index (χ1v) is 9.07. The lowest BCUT2D eigenvalue weighted by atomic mass is 10.2. The zero-order valence-corrected chi connectivity index (χ0v) is 14.8. The van der Waals surface area contributed by atoms with Crippen LogP contribution < -0.4 is 5.32 Å². The summed E-state index contributed by atoms with van der Waals surface area (Å²) < 4.78 is 15.1. The van der Waals surface area contributed by atoms with Crippen LogP contribution in [0, 0.1) is 5.82 Å². The van der Waals surface area contributed by atoms with Gasteiger partial charge in [-0.1, -0.05) is 0 Å². The average molecular weight is 369 g/mol. The van der Waals surface area contributed by atoms with Crippen LogP contribution in [0.3, 0.4) is 0 Å². The predicted molar refractivity (Wildman–Crippen MR) is 96.2 cm³/mol. The van der Waals surface area contributed by atoms with Crippen molar-refractivity contribution in [2.24, 2.45) is 0 Å². The summed E-state index contributed by atoms with van der Waals surface area (Å²) in [6.07, 6.45) is 5.90. The van der Waals surface area contributed by atoms with Crippen molar-refractivity contribution >= 4 is 11.7 Å². The molecule has 0 radical (unpaired) electrons. The Hall–Kier alpha value is -3.10. The summed E-state index contributed by atoms with van der Waals surface area (Å²) in [5.74, 6) is 1.88. The first-order valence-electron chi connectivity index (χ1n) is 9.07. The first-order chi connectivity index (χ1) is 13.2. The molecule has 1 aromatic carbocycles. The molecular formula is C18H20FN7O. The summed E-state index contributed by atoms with van der Waals surface area (Å²) in [5, 5.41) is 15.2. The van der Waals surface area contributed by atoms with Crippen molar-refractivity contribution in [1.82, 2.24) is 29.8 Å². The number of anilines is 1. The van der Waals surface area contributed by atoms with Gasteiger partial charge in [0.05, 0.1) is 12.7 Å². The van der Waals surface area contributed by atoms with Crippen molar-refractivity contribution in [3.63, 3.8) is 0 Å². The number of hydrogen-bond acceptors (Lipinski definition) is 5. The van der Waals surface area contributed by atoms with Gasteiger partial charge in [-0.15, -0.1) is 10.2 Å². The van der Waals surface area contributed by atoms with E-state index >= 15 is 0 Å². The molecule has 0 aliphatic carbocycles. The molecule has 0 saturated carbocycles. The molecule has 1 amide bonds. The first kappa shape index (κ1) is 17.3. The largest absolute Gasteiger partial charge is 0.315 e. The second kappa shape index (κ2) is 7.65. The van der Waals surface area contributed by atoms with Crippen LogP contribution in [0.15, 0.2) is 30.5 Å². The topological polar surface area (TPSA) is 90.5 Å². The van der Waals surface area contributed by atoms with Gasteiger partial charge in [0.2, 0.25) is 11.7 Å². The van der Waals surface area contributed by atoms with Crippen molar-refractivity contribution in [2.45, 2.75) is 45.2 Å². The van der Waals surface area contributed by atoms with Crippen LogP contribution in [-0.2, 0) is 24.3 Å². The highest BCUT2D eigenvalue weighted by Crippen LogP contribution is 2.19. The van der Waals surface area contributed by atoms with Crippen LogP contribution in [0.1, 0.15) is 31.5 Å². The number of carbonyl (C=O) groups excluding carboxylic acids is 1. The molecule has 3 heterocycles. The molecule has 1 aliphatic rings. The second-order valence-corrected chi connectivity index (χ2v) is 6.54. The predicted octanol–water partition coefficient (Wildman–Crippen LogP) is 2.43. The molecule has 0 bridgehead atoms. The fourth-order valence-corrected chi connectivity index (χ4v) is 3.15.